The van der Waals surface area contributed by atoms with Gasteiger partial charge in [0.05, 0.1) is 6.10 Å². The summed E-state index contributed by atoms with van der Waals surface area (Å²) in [7, 11) is 0. The standard InChI is InChI=1S/C16H22F2N2O2/c1-11-4-6-20(7-5-11)10-13(21)9-19-16(22)12-2-3-14(17)15(18)8-12/h2-3,8,11,13,21H,4-7,9-10H2,1H3,(H,19,22). The fourth-order valence-electron chi connectivity index (χ4n) is 2.56. The van der Waals surface area contributed by atoms with Gasteiger partial charge in [0.25, 0.3) is 5.91 Å². The Labute approximate surface area is 129 Å². The summed E-state index contributed by atoms with van der Waals surface area (Å²) in [5, 5.41) is 12.5. The van der Waals surface area contributed by atoms with E-state index in [-0.39, 0.29) is 12.1 Å². The summed E-state index contributed by atoms with van der Waals surface area (Å²) < 4.78 is 25.9. The molecule has 1 aliphatic rings. The number of nitrogens with one attached hydrogen (secondary N) is 1. The molecule has 22 heavy (non-hydrogen) atoms. The molecule has 1 unspecified atom stereocenters. The molecule has 1 heterocycles. The molecule has 122 valence electrons. The quantitative estimate of drug-likeness (QED) is 0.871. The second-order valence-electron chi connectivity index (χ2n) is 5.98. The molecule has 0 aromatic heterocycles. The average Bonchev–Trinajstić information content (AvgIpc) is 2.50. The number of hydrogen-bond donors (Lipinski definition) is 2. The molecule has 2 N–H and O–H groups in total. The number of piperidine rings is 1. The summed E-state index contributed by atoms with van der Waals surface area (Å²) in [6, 6.07) is 2.98. The highest BCUT2D eigenvalue weighted by Gasteiger charge is 2.19. The van der Waals surface area contributed by atoms with Crippen LogP contribution in [0.1, 0.15) is 30.1 Å². The number of halogens is 2. The number of amides is 1. The minimum absolute atomic E-state index is 0.0397. The first kappa shape index (κ1) is 16.8. The number of β-amino-alcohol motifs (C(OH)–C–C–N with tert-alkyl or cyclic N) is 1. The Morgan fingerprint density at radius 2 is 2.05 bits per heavy atom. The molecule has 1 amide bonds. The van der Waals surface area contributed by atoms with E-state index >= 15 is 0 Å². The smallest absolute Gasteiger partial charge is 0.251 e. The van der Waals surface area contributed by atoms with Crippen LogP contribution in [0.15, 0.2) is 18.2 Å². The van der Waals surface area contributed by atoms with Gasteiger partial charge >= 0.3 is 0 Å². The summed E-state index contributed by atoms with van der Waals surface area (Å²) >= 11 is 0. The number of nitrogens with zero attached hydrogens (tertiary/aromatic N) is 1. The molecule has 1 aromatic carbocycles. The minimum atomic E-state index is -1.06. The molecule has 1 aliphatic heterocycles. The Hall–Kier alpha value is -1.53. The van der Waals surface area contributed by atoms with Crippen LogP contribution in [-0.4, -0.2) is 48.2 Å². The van der Waals surface area contributed by atoms with Crippen molar-refractivity contribution in [1.82, 2.24) is 10.2 Å². The summed E-state index contributed by atoms with van der Waals surface area (Å²) in [6.07, 6.45) is 1.56. The number of carbonyl (C=O) groups excluding carboxylic acids is 1. The molecule has 4 nitrogen and oxygen atoms in total. The monoisotopic (exact) mass is 312 g/mol. The van der Waals surface area contributed by atoms with Crippen LogP contribution in [0.4, 0.5) is 8.78 Å². The first-order valence-electron chi connectivity index (χ1n) is 7.59. The maximum atomic E-state index is 13.1. The maximum absolute atomic E-state index is 13.1. The van der Waals surface area contributed by atoms with Crippen LogP contribution >= 0.6 is 0 Å². The van der Waals surface area contributed by atoms with Crippen LogP contribution in [-0.2, 0) is 0 Å². The van der Waals surface area contributed by atoms with Gasteiger partial charge in [0, 0.05) is 18.7 Å². The van der Waals surface area contributed by atoms with E-state index in [0.29, 0.717) is 6.54 Å². The number of hydrogen-bond acceptors (Lipinski definition) is 3. The first-order valence-corrected chi connectivity index (χ1v) is 7.59. The third kappa shape index (κ3) is 4.74. The van der Waals surface area contributed by atoms with Gasteiger partial charge in [-0.2, -0.15) is 0 Å². The molecule has 1 aromatic rings. The van der Waals surface area contributed by atoms with Crippen molar-refractivity contribution in [3.8, 4) is 0 Å². The first-order chi connectivity index (χ1) is 10.5. The molecule has 0 spiro atoms. The van der Waals surface area contributed by atoms with Crippen molar-refractivity contribution in [3.05, 3.63) is 35.4 Å². The number of carbonyl (C=O) groups is 1. The van der Waals surface area contributed by atoms with Crippen molar-refractivity contribution >= 4 is 5.91 Å². The van der Waals surface area contributed by atoms with Crippen LogP contribution in [0.5, 0.6) is 0 Å². The molecule has 1 fully saturated rings. The van der Waals surface area contributed by atoms with E-state index in [9.17, 15) is 18.7 Å². The van der Waals surface area contributed by atoms with E-state index in [1.807, 2.05) is 0 Å². The van der Waals surface area contributed by atoms with Crippen molar-refractivity contribution in [3.63, 3.8) is 0 Å². The minimum Gasteiger partial charge on any atom is -0.390 e. The largest absolute Gasteiger partial charge is 0.390 e. The molecule has 0 bridgehead atoms. The van der Waals surface area contributed by atoms with E-state index in [4.69, 9.17) is 0 Å². The lowest BCUT2D eigenvalue weighted by Gasteiger charge is -2.31. The zero-order valence-corrected chi connectivity index (χ0v) is 12.7. The molecule has 6 heteroatoms. The van der Waals surface area contributed by atoms with Gasteiger partial charge in [0.1, 0.15) is 0 Å². The number of likely N-dealkylation sites (tertiary alicyclic amines) is 1. The maximum Gasteiger partial charge on any atom is 0.251 e. The highest BCUT2D eigenvalue weighted by molar-refractivity contribution is 5.94. The predicted octanol–water partition coefficient (Wildman–Crippen LogP) is 1.79. The number of rotatable bonds is 5. The van der Waals surface area contributed by atoms with E-state index in [2.05, 4.69) is 17.1 Å². The highest BCUT2D eigenvalue weighted by Crippen LogP contribution is 2.15. The van der Waals surface area contributed by atoms with E-state index in [1.54, 1.807) is 0 Å². The van der Waals surface area contributed by atoms with Gasteiger partial charge in [-0.25, -0.2) is 8.78 Å². The third-order valence-corrected chi connectivity index (χ3v) is 4.03. The zero-order chi connectivity index (χ0) is 16.1. The summed E-state index contributed by atoms with van der Waals surface area (Å²) in [5.41, 5.74) is 0.0397. The lowest BCUT2D eigenvalue weighted by atomic mass is 9.99. The van der Waals surface area contributed by atoms with Crippen molar-refractivity contribution in [2.75, 3.05) is 26.2 Å². The molecule has 1 saturated heterocycles. The molecule has 2 rings (SSSR count). The third-order valence-electron chi connectivity index (χ3n) is 4.03. The summed E-state index contributed by atoms with van der Waals surface area (Å²) in [4.78, 5) is 14.0. The van der Waals surface area contributed by atoms with Gasteiger partial charge in [0.15, 0.2) is 11.6 Å². The van der Waals surface area contributed by atoms with Crippen molar-refractivity contribution in [2.45, 2.75) is 25.9 Å². The Balaban J connectivity index is 1.76. The van der Waals surface area contributed by atoms with Crippen LogP contribution in [0.3, 0.4) is 0 Å². The Kier molecular flexibility index (Phi) is 5.85. The summed E-state index contributed by atoms with van der Waals surface area (Å²) in [5.74, 6) is -1.85. The van der Waals surface area contributed by atoms with Gasteiger partial charge in [-0.15, -0.1) is 0 Å². The topological polar surface area (TPSA) is 52.6 Å². The fourth-order valence-corrected chi connectivity index (χ4v) is 2.56. The number of aliphatic hydroxyl groups is 1. The van der Waals surface area contributed by atoms with E-state index < -0.39 is 23.6 Å². The Morgan fingerprint density at radius 1 is 1.36 bits per heavy atom. The Bertz CT molecular complexity index is 517. The van der Waals surface area contributed by atoms with Crippen LogP contribution in [0.2, 0.25) is 0 Å². The van der Waals surface area contributed by atoms with Crippen molar-refractivity contribution in [1.29, 1.82) is 0 Å². The lowest BCUT2D eigenvalue weighted by Crippen LogP contribution is -2.43. The molecule has 1 atom stereocenters. The van der Waals surface area contributed by atoms with Gasteiger partial charge in [-0.1, -0.05) is 6.92 Å². The normalized spacial score (nSPS) is 18.2. The van der Waals surface area contributed by atoms with Gasteiger partial charge in [-0.05, 0) is 50.0 Å². The summed E-state index contributed by atoms with van der Waals surface area (Å²) in [6.45, 7) is 4.72. The fraction of sp³-hybridized carbons (Fsp3) is 0.562. The molecular weight excluding hydrogens is 290 g/mol. The molecular formula is C16H22F2N2O2. The molecule has 0 aliphatic carbocycles. The SMILES string of the molecule is CC1CCN(CC(O)CNC(=O)c2ccc(F)c(F)c2)CC1. The number of aliphatic hydroxyl groups excluding tert-OH is 1. The number of benzene rings is 1. The van der Waals surface area contributed by atoms with Gasteiger partial charge < -0.3 is 15.3 Å². The predicted molar refractivity (Wildman–Crippen MR) is 79.5 cm³/mol. The van der Waals surface area contributed by atoms with E-state index in [0.717, 1.165) is 44.0 Å². The van der Waals surface area contributed by atoms with E-state index in [1.165, 1.54) is 6.07 Å². The van der Waals surface area contributed by atoms with Gasteiger partial charge in [0.2, 0.25) is 0 Å². The lowest BCUT2D eigenvalue weighted by molar-refractivity contribution is 0.0795. The highest BCUT2D eigenvalue weighted by atomic mass is 19.2. The van der Waals surface area contributed by atoms with Crippen LogP contribution < -0.4 is 5.32 Å². The average molecular weight is 312 g/mol. The van der Waals surface area contributed by atoms with Crippen LogP contribution in [0, 0.1) is 17.6 Å². The molecule has 0 saturated carbocycles. The second-order valence-corrected chi connectivity index (χ2v) is 5.98. The van der Waals surface area contributed by atoms with Crippen LogP contribution in [0.25, 0.3) is 0 Å². The van der Waals surface area contributed by atoms with Crippen molar-refractivity contribution < 1.29 is 18.7 Å². The van der Waals surface area contributed by atoms with Gasteiger partial charge in [-0.3, -0.25) is 4.79 Å². The Morgan fingerprint density at radius 3 is 2.68 bits per heavy atom. The van der Waals surface area contributed by atoms with Crippen molar-refractivity contribution in [2.24, 2.45) is 5.92 Å². The second kappa shape index (κ2) is 7.65. The molecule has 0 radical (unpaired) electrons. The zero-order valence-electron chi connectivity index (χ0n) is 12.7.